The van der Waals surface area contributed by atoms with Crippen molar-refractivity contribution in [3.63, 3.8) is 0 Å². The van der Waals surface area contributed by atoms with Gasteiger partial charge in [0.25, 0.3) is 0 Å². The highest BCUT2D eigenvalue weighted by Gasteiger charge is 2.14. The van der Waals surface area contributed by atoms with Gasteiger partial charge in [-0.3, -0.25) is 4.40 Å². The van der Waals surface area contributed by atoms with E-state index in [4.69, 9.17) is 11.6 Å². The lowest BCUT2D eigenvalue weighted by molar-refractivity contribution is 1.06. The summed E-state index contributed by atoms with van der Waals surface area (Å²) < 4.78 is 1.96. The summed E-state index contributed by atoms with van der Waals surface area (Å²) in [6.45, 7) is 2.79. The van der Waals surface area contributed by atoms with Crippen LogP contribution in [0.2, 0.25) is 5.02 Å². The van der Waals surface area contributed by atoms with E-state index in [0.29, 0.717) is 17.3 Å². The van der Waals surface area contributed by atoms with Gasteiger partial charge in [-0.1, -0.05) is 53.6 Å². The van der Waals surface area contributed by atoms with Gasteiger partial charge < -0.3 is 5.32 Å². The predicted octanol–water partition coefficient (Wildman–Crippen LogP) is 4.97. The van der Waals surface area contributed by atoms with Gasteiger partial charge in [-0.15, -0.1) is 0 Å². The highest BCUT2D eigenvalue weighted by Crippen LogP contribution is 2.30. The highest BCUT2D eigenvalue weighted by atomic mass is 35.5. The number of rotatable bonds is 4. The first-order valence-corrected chi connectivity index (χ1v) is 8.47. The average molecular weight is 349 g/mol. The molecule has 0 aliphatic heterocycles. The summed E-state index contributed by atoms with van der Waals surface area (Å²) in [5.41, 5.74) is 4.27. The van der Waals surface area contributed by atoms with Crippen molar-refractivity contribution in [2.45, 2.75) is 13.5 Å². The number of benzene rings is 2. The average Bonchev–Trinajstić information content (AvgIpc) is 3.00. The van der Waals surface area contributed by atoms with E-state index in [1.807, 2.05) is 40.9 Å². The minimum Gasteiger partial charge on any atom is -0.365 e. The molecule has 0 atom stereocenters. The lowest BCUT2D eigenvalue weighted by Crippen LogP contribution is -2.03. The number of hydrogen-bond donors (Lipinski definition) is 1. The molecule has 2 aromatic heterocycles. The van der Waals surface area contributed by atoms with E-state index in [0.717, 1.165) is 17.1 Å². The maximum Gasteiger partial charge on any atom is 0.235 e. The van der Waals surface area contributed by atoms with Crippen LogP contribution >= 0.6 is 11.6 Å². The molecule has 0 spiro atoms. The molecule has 25 heavy (non-hydrogen) atoms. The minimum atomic E-state index is 0.656. The summed E-state index contributed by atoms with van der Waals surface area (Å²) >= 11 is 6.16. The third-order valence-electron chi connectivity index (χ3n) is 4.08. The standard InChI is InChI=1S/C20H17ClN4/c1-14-6-8-15(9-7-14)13-23-19-18(16-4-2-5-17(21)12-16)24-20-22-10-3-11-25(19)20/h2-12,23H,13H2,1H3. The Hall–Kier alpha value is -2.85. The predicted molar refractivity (Wildman–Crippen MR) is 102 cm³/mol. The Morgan fingerprint density at radius 3 is 2.72 bits per heavy atom. The molecule has 0 aliphatic rings. The van der Waals surface area contributed by atoms with E-state index in [-0.39, 0.29) is 0 Å². The fourth-order valence-electron chi connectivity index (χ4n) is 2.79. The number of fused-ring (bicyclic) bond motifs is 1. The van der Waals surface area contributed by atoms with Crippen molar-refractivity contribution in [3.05, 3.63) is 83.1 Å². The van der Waals surface area contributed by atoms with Crippen LogP contribution < -0.4 is 5.32 Å². The van der Waals surface area contributed by atoms with E-state index in [1.165, 1.54) is 11.1 Å². The van der Waals surface area contributed by atoms with Crippen molar-refractivity contribution in [1.29, 1.82) is 0 Å². The summed E-state index contributed by atoms with van der Waals surface area (Å²) in [7, 11) is 0. The molecule has 0 saturated heterocycles. The molecule has 0 saturated carbocycles. The van der Waals surface area contributed by atoms with Crippen LogP contribution in [-0.2, 0) is 6.54 Å². The Bertz CT molecular complexity index is 1020. The first kappa shape index (κ1) is 15.7. The largest absolute Gasteiger partial charge is 0.365 e. The first-order valence-electron chi connectivity index (χ1n) is 8.09. The van der Waals surface area contributed by atoms with Gasteiger partial charge in [0.2, 0.25) is 5.78 Å². The Morgan fingerprint density at radius 1 is 1.08 bits per heavy atom. The highest BCUT2D eigenvalue weighted by molar-refractivity contribution is 6.30. The molecule has 0 bridgehead atoms. The number of nitrogens with one attached hydrogen (secondary N) is 1. The summed E-state index contributed by atoms with van der Waals surface area (Å²) in [4.78, 5) is 9.04. The van der Waals surface area contributed by atoms with Gasteiger partial charge in [0.15, 0.2) is 0 Å². The SMILES string of the molecule is Cc1ccc(CNc2c(-c3cccc(Cl)c3)nc3ncccn23)cc1. The summed E-state index contributed by atoms with van der Waals surface area (Å²) in [6, 6.07) is 18.1. The topological polar surface area (TPSA) is 42.2 Å². The Morgan fingerprint density at radius 2 is 1.92 bits per heavy atom. The minimum absolute atomic E-state index is 0.656. The Balaban J connectivity index is 1.75. The lowest BCUT2D eigenvalue weighted by Gasteiger charge is -2.09. The molecule has 4 nitrogen and oxygen atoms in total. The summed E-state index contributed by atoms with van der Waals surface area (Å²) in [6.07, 6.45) is 3.70. The molecule has 4 aromatic rings. The first-order chi connectivity index (χ1) is 12.2. The van der Waals surface area contributed by atoms with Gasteiger partial charge in [-0.05, 0) is 30.7 Å². The third kappa shape index (κ3) is 3.21. The van der Waals surface area contributed by atoms with Crippen molar-refractivity contribution in [3.8, 4) is 11.3 Å². The second kappa shape index (κ2) is 6.57. The number of halogens is 1. The van der Waals surface area contributed by atoms with E-state index < -0.39 is 0 Å². The van der Waals surface area contributed by atoms with Gasteiger partial charge in [-0.25, -0.2) is 9.97 Å². The van der Waals surface area contributed by atoms with Crippen LogP contribution in [0, 0.1) is 6.92 Å². The molecular weight excluding hydrogens is 332 g/mol. The maximum absolute atomic E-state index is 6.16. The molecule has 0 amide bonds. The maximum atomic E-state index is 6.16. The van der Waals surface area contributed by atoms with Crippen molar-refractivity contribution in [2.75, 3.05) is 5.32 Å². The molecule has 2 heterocycles. The number of nitrogens with zero attached hydrogens (tertiary/aromatic N) is 3. The number of aromatic nitrogens is 3. The van der Waals surface area contributed by atoms with Crippen LogP contribution in [0.1, 0.15) is 11.1 Å². The Kier molecular flexibility index (Phi) is 4.12. The smallest absolute Gasteiger partial charge is 0.235 e. The zero-order valence-electron chi connectivity index (χ0n) is 13.8. The molecule has 5 heteroatoms. The molecule has 0 radical (unpaired) electrons. The molecular formula is C20H17ClN4. The fraction of sp³-hybridized carbons (Fsp3) is 0.100. The second-order valence-electron chi connectivity index (χ2n) is 5.95. The molecule has 0 fully saturated rings. The van der Waals surface area contributed by atoms with Crippen LogP contribution in [0.3, 0.4) is 0 Å². The van der Waals surface area contributed by atoms with Crippen molar-refractivity contribution in [1.82, 2.24) is 14.4 Å². The van der Waals surface area contributed by atoms with E-state index in [9.17, 15) is 0 Å². The van der Waals surface area contributed by atoms with Crippen LogP contribution in [0.25, 0.3) is 17.0 Å². The molecule has 124 valence electrons. The molecule has 2 aromatic carbocycles. The van der Waals surface area contributed by atoms with E-state index in [2.05, 4.69) is 46.5 Å². The van der Waals surface area contributed by atoms with Crippen LogP contribution in [0.5, 0.6) is 0 Å². The zero-order valence-corrected chi connectivity index (χ0v) is 14.5. The van der Waals surface area contributed by atoms with E-state index in [1.54, 1.807) is 6.20 Å². The van der Waals surface area contributed by atoms with Crippen LogP contribution in [-0.4, -0.2) is 14.4 Å². The molecule has 4 rings (SSSR count). The monoisotopic (exact) mass is 348 g/mol. The van der Waals surface area contributed by atoms with Crippen molar-refractivity contribution in [2.24, 2.45) is 0 Å². The van der Waals surface area contributed by atoms with Crippen molar-refractivity contribution >= 4 is 23.2 Å². The third-order valence-corrected chi connectivity index (χ3v) is 4.32. The molecule has 0 aliphatic carbocycles. The molecule has 0 unspecified atom stereocenters. The summed E-state index contributed by atoms with van der Waals surface area (Å²) in [5.74, 6) is 1.56. The summed E-state index contributed by atoms with van der Waals surface area (Å²) in [5, 5.41) is 4.19. The quantitative estimate of drug-likeness (QED) is 0.566. The number of imidazole rings is 1. The van der Waals surface area contributed by atoms with Gasteiger partial charge in [0, 0.05) is 29.5 Å². The fourth-order valence-corrected chi connectivity index (χ4v) is 2.98. The van der Waals surface area contributed by atoms with Crippen molar-refractivity contribution < 1.29 is 0 Å². The number of aryl methyl sites for hydroxylation is 1. The number of anilines is 1. The second-order valence-corrected chi connectivity index (χ2v) is 6.38. The van der Waals surface area contributed by atoms with Gasteiger partial charge in [0.1, 0.15) is 11.5 Å². The van der Waals surface area contributed by atoms with E-state index >= 15 is 0 Å². The van der Waals surface area contributed by atoms with Crippen LogP contribution in [0.4, 0.5) is 5.82 Å². The molecule has 1 N–H and O–H groups in total. The normalized spacial score (nSPS) is 11.0. The van der Waals surface area contributed by atoms with Gasteiger partial charge in [-0.2, -0.15) is 0 Å². The van der Waals surface area contributed by atoms with Gasteiger partial charge in [0.05, 0.1) is 0 Å². The van der Waals surface area contributed by atoms with Crippen LogP contribution in [0.15, 0.2) is 67.0 Å². The lowest BCUT2D eigenvalue weighted by atomic mass is 10.1. The zero-order chi connectivity index (χ0) is 17.2. The van der Waals surface area contributed by atoms with Gasteiger partial charge >= 0.3 is 0 Å². The Labute approximate surface area is 151 Å². The number of hydrogen-bond acceptors (Lipinski definition) is 3.